The zero-order valence-electron chi connectivity index (χ0n) is 15.7. The SMILES string of the molecule is CN1CCCCC1CCN(c1ccccc1F)C1Cc2ccccc2C1. The average molecular weight is 352 g/mol. The number of nitrogens with zero attached hydrogens (tertiary/aromatic N) is 2. The van der Waals surface area contributed by atoms with Crippen LogP contribution in [0.3, 0.4) is 0 Å². The van der Waals surface area contributed by atoms with Crippen LogP contribution in [-0.4, -0.2) is 37.1 Å². The first-order valence-corrected chi connectivity index (χ1v) is 10.0. The molecule has 2 aliphatic rings. The van der Waals surface area contributed by atoms with Crippen LogP contribution in [0.25, 0.3) is 0 Å². The Bertz CT molecular complexity index is 719. The summed E-state index contributed by atoms with van der Waals surface area (Å²) in [6, 6.07) is 17.0. The minimum atomic E-state index is -0.0968. The standard InChI is InChI=1S/C23H29FN2/c1-25-14-7-6-10-20(25)13-15-26(23-12-5-4-11-22(23)24)21-16-18-8-2-3-9-19(18)17-21/h2-5,8-9,11-12,20-21H,6-7,10,13-17H2,1H3. The lowest BCUT2D eigenvalue weighted by molar-refractivity contribution is 0.177. The maximum absolute atomic E-state index is 14.6. The normalized spacial score (nSPS) is 20.9. The van der Waals surface area contributed by atoms with Crippen LogP contribution in [0.15, 0.2) is 48.5 Å². The van der Waals surface area contributed by atoms with Crippen LogP contribution in [0.2, 0.25) is 0 Å². The van der Waals surface area contributed by atoms with Gasteiger partial charge in [0, 0.05) is 18.6 Å². The second-order valence-electron chi connectivity index (χ2n) is 7.89. The molecule has 0 amide bonds. The van der Waals surface area contributed by atoms with Crippen LogP contribution in [0.4, 0.5) is 10.1 Å². The molecule has 1 unspecified atom stereocenters. The molecule has 26 heavy (non-hydrogen) atoms. The van der Waals surface area contributed by atoms with Gasteiger partial charge in [-0.15, -0.1) is 0 Å². The lowest BCUT2D eigenvalue weighted by atomic mass is 9.99. The third kappa shape index (κ3) is 3.64. The summed E-state index contributed by atoms with van der Waals surface area (Å²) in [6.45, 7) is 2.12. The molecule has 2 aromatic carbocycles. The van der Waals surface area contributed by atoms with Crippen LogP contribution >= 0.6 is 0 Å². The Balaban J connectivity index is 1.54. The largest absolute Gasteiger partial charge is 0.365 e. The highest BCUT2D eigenvalue weighted by molar-refractivity contribution is 5.51. The van der Waals surface area contributed by atoms with E-state index in [2.05, 4.69) is 41.1 Å². The molecule has 0 N–H and O–H groups in total. The van der Waals surface area contributed by atoms with Crippen molar-refractivity contribution in [1.82, 2.24) is 4.90 Å². The van der Waals surface area contributed by atoms with Crippen LogP contribution in [0, 0.1) is 5.82 Å². The van der Waals surface area contributed by atoms with Gasteiger partial charge in [-0.3, -0.25) is 0 Å². The van der Waals surface area contributed by atoms with E-state index in [9.17, 15) is 4.39 Å². The highest BCUT2D eigenvalue weighted by Gasteiger charge is 2.29. The number of hydrogen-bond acceptors (Lipinski definition) is 2. The third-order valence-electron chi connectivity index (χ3n) is 6.26. The van der Waals surface area contributed by atoms with E-state index in [1.807, 2.05) is 12.1 Å². The molecule has 3 heteroatoms. The summed E-state index contributed by atoms with van der Waals surface area (Å²) in [5.74, 6) is -0.0968. The van der Waals surface area contributed by atoms with E-state index in [0.717, 1.165) is 31.5 Å². The minimum Gasteiger partial charge on any atom is -0.365 e. The van der Waals surface area contributed by atoms with E-state index in [-0.39, 0.29) is 5.82 Å². The van der Waals surface area contributed by atoms with Crippen molar-refractivity contribution in [3.63, 3.8) is 0 Å². The van der Waals surface area contributed by atoms with Crippen molar-refractivity contribution in [3.8, 4) is 0 Å². The van der Waals surface area contributed by atoms with E-state index in [1.165, 1.54) is 36.9 Å². The second kappa shape index (κ2) is 7.79. The Kier molecular flexibility index (Phi) is 5.26. The Morgan fingerprint density at radius 1 is 1.00 bits per heavy atom. The molecule has 4 rings (SSSR count). The zero-order valence-corrected chi connectivity index (χ0v) is 15.7. The topological polar surface area (TPSA) is 6.48 Å². The predicted octanol–water partition coefficient (Wildman–Crippen LogP) is 4.67. The first-order valence-electron chi connectivity index (χ1n) is 10.0. The molecular formula is C23H29FN2. The molecular weight excluding hydrogens is 323 g/mol. The van der Waals surface area contributed by atoms with E-state index in [1.54, 1.807) is 12.1 Å². The van der Waals surface area contributed by atoms with Crippen LogP contribution in [0.1, 0.15) is 36.8 Å². The van der Waals surface area contributed by atoms with Crippen molar-refractivity contribution in [1.29, 1.82) is 0 Å². The van der Waals surface area contributed by atoms with E-state index >= 15 is 0 Å². The van der Waals surface area contributed by atoms with E-state index < -0.39 is 0 Å². The van der Waals surface area contributed by atoms with Crippen molar-refractivity contribution in [2.24, 2.45) is 0 Å². The van der Waals surface area contributed by atoms with E-state index in [4.69, 9.17) is 0 Å². The molecule has 1 atom stereocenters. The van der Waals surface area contributed by atoms with Gasteiger partial charge in [-0.2, -0.15) is 0 Å². The number of fused-ring (bicyclic) bond motifs is 1. The van der Waals surface area contributed by atoms with Gasteiger partial charge in [0.1, 0.15) is 5.82 Å². The highest BCUT2D eigenvalue weighted by atomic mass is 19.1. The lowest BCUT2D eigenvalue weighted by Crippen LogP contribution is -2.42. The van der Waals surface area contributed by atoms with Crippen molar-refractivity contribution >= 4 is 5.69 Å². The Hall–Kier alpha value is -1.87. The fourth-order valence-electron chi connectivity index (χ4n) is 4.74. The molecule has 0 radical (unpaired) electrons. The van der Waals surface area contributed by atoms with Crippen molar-refractivity contribution in [3.05, 3.63) is 65.5 Å². The van der Waals surface area contributed by atoms with E-state index in [0.29, 0.717) is 12.1 Å². The summed E-state index contributed by atoms with van der Waals surface area (Å²) in [7, 11) is 2.24. The molecule has 1 fully saturated rings. The van der Waals surface area contributed by atoms with Gasteiger partial charge >= 0.3 is 0 Å². The quantitative estimate of drug-likeness (QED) is 0.771. The summed E-state index contributed by atoms with van der Waals surface area (Å²) in [4.78, 5) is 4.84. The molecule has 1 heterocycles. The van der Waals surface area contributed by atoms with Gasteiger partial charge in [0.15, 0.2) is 0 Å². The van der Waals surface area contributed by atoms with Crippen LogP contribution < -0.4 is 4.90 Å². The molecule has 2 aromatic rings. The molecule has 1 aliphatic carbocycles. The summed E-state index contributed by atoms with van der Waals surface area (Å²) in [6.07, 6.45) is 7.05. The second-order valence-corrected chi connectivity index (χ2v) is 7.89. The maximum Gasteiger partial charge on any atom is 0.146 e. The van der Waals surface area contributed by atoms with Crippen LogP contribution in [0.5, 0.6) is 0 Å². The molecule has 1 aliphatic heterocycles. The first kappa shape index (κ1) is 17.5. The molecule has 0 bridgehead atoms. The number of halogens is 1. The van der Waals surface area contributed by atoms with Gasteiger partial charge in [0.05, 0.1) is 5.69 Å². The van der Waals surface area contributed by atoms with Crippen molar-refractivity contribution in [2.45, 2.75) is 50.6 Å². The molecule has 0 saturated carbocycles. The lowest BCUT2D eigenvalue weighted by Gasteiger charge is -2.37. The first-order chi connectivity index (χ1) is 12.7. The number of hydrogen-bond donors (Lipinski definition) is 0. The summed E-state index contributed by atoms with van der Waals surface area (Å²) in [5.41, 5.74) is 3.62. The monoisotopic (exact) mass is 352 g/mol. The molecule has 138 valence electrons. The molecule has 1 saturated heterocycles. The average Bonchev–Trinajstić information content (AvgIpc) is 3.08. The van der Waals surface area contributed by atoms with Gasteiger partial charge in [0.25, 0.3) is 0 Å². The van der Waals surface area contributed by atoms with Gasteiger partial charge < -0.3 is 9.80 Å². The number of benzene rings is 2. The smallest absolute Gasteiger partial charge is 0.146 e. The fourth-order valence-corrected chi connectivity index (χ4v) is 4.74. The predicted molar refractivity (Wildman–Crippen MR) is 106 cm³/mol. The molecule has 0 aromatic heterocycles. The fraction of sp³-hybridized carbons (Fsp3) is 0.478. The van der Waals surface area contributed by atoms with Crippen molar-refractivity contribution < 1.29 is 4.39 Å². The molecule has 0 spiro atoms. The highest BCUT2D eigenvalue weighted by Crippen LogP contribution is 2.31. The summed E-state index contributed by atoms with van der Waals surface area (Å²) >= 11 is 0. The summed E-state index contributed by atoms with van der Waals surface area (Å²) in [5, 5.41) is 0. The number of para-hydroxylation sites is 1. The van der Waals surface area contributed by atoms with Crippen LogP contribution in [-0.2, 0) is 12.8 Å². The summed E-state index contributed by atoms with van der Waals surface area (Å²) < 4.78 is 14.6. The number of likely N-dealkylation sites (tertiary alicyclic amines) is 1. The van der Waals surface area contributed by atoms with Gasteiger partial charge in [-0.05, 0) is 69.0 Å². The number of anilines is 1. The Morgan fingerprint density at radius 2 is 1.69 bits per heavy atom. The molecule has 2 nitrogen and oxygen atoms in total. The van der Waals surface area contributed by atoms with Gasteiger partial charge in [0.2, 0.25) is 0 Å². The maximum atomic E-state index is 14.6. The number of piperidine rings is 1. The van der Waals surface area contributed by atoms with Gasteiger partial charge in [-0.25, -0.2) is 4.39 Å². The Labute approximate surface area is 156 Å². The minimum absolute atomic E-state index is 0.0968. The Morgan fingerprint density at radius 3 is 2.38 bits per heavy atom. The van der Waals surface area contributed by atoms with Gasteiger partial charge in [-0.1, -0.05) is 42.8 Å². The number of rotatable bonds is 5. The van der Waals surface area contributed by atoms with Crippen molar-refractivity contribution in [2.75, 3.05) is 25.0 Å². The third-order valence-corrected chi connectivity index (χ3v) is 6.26. The zero-order chi connectivity index (χ0) is 17.9.